The number of hydrogen-bond donors (Lipinski definition) is 0. The van der Waals surface area contributed by atoms with Gasteiger partial charge in [0.1, 0.15) is 12.2 Å². The number of esters is 2. The number of carbonyl (C=O) groups excluding carboxylic acids is 4. The molecule has 0 aromatic rings. The summed E-state index contributed by atoms with van der Waals surface area (Å²) in [4.78, 5) is 41.0. The number of carbonyl (C=O) groups is 4. The van der Waals surface area contributed by atoms with Crippen LogP contribution in [-0.4, -0.2) is 41.5 Å². The molecule has 0 fully saturated rings. The highest BCUT2D eigenvalue weighted by atomic mass is 79.9. The van der Waals surface area contributed by atoms with E-state index in [9.17, 15) is 19.2 Å². The predicted octanol–water partition coefficient (Wildman–Crippen LogP) is 1.43. The third-order valence-corrected chi connectivity index (χ3v) is 2.57. The second-order valence-electron chi connectivity index (χ2n) is 3.41. The summed E-state index contributed by atoms with van der Waals surface area (Å²) in [6, 6.07) is 0. The highest BCUT2D eigenvalue weighted by Gasteiger charge is 2.20. The van der Waals surface area contributed by atoms with Crippen LogP contribution >= 0.6 is 15.9 Å². The minimum absolute atomic E-state index is 0.103. The molecule has 0 heterocycles. The number of ether oxygens (including phenoxy) is 2. The lowest BCUT2D eigenvalue weighted by Gasteiger charge is -2.03. The molecule has 0 amide bonds. The van der Waals surface area contributed by atoms with Crippen LogP contribution in [0.25, 0.3) is 0 Å². The average Bonchev–Trinajstić information content (AvgIpc) is 2.28. The molecule has 0 bridgehead atoms. The number of halogens is 1. The molecule has 110 valence electrons. The summed E-state index contributed by atoms with van der Waals surface area (Å²) in [7, 11) is 0. The first kappa shape index (κ1) is 20.1. The van der Waals surface area contributed by atoms with Crippen LogP contribution in [0.2, 0.25) is 0 Å². The first-order valence-electron chi connectivity index (χ1n) is 5.72. The Labute approximate surface area is 121 Å². The standard InChI is InChI=1S/C6H9BrO3.C6H10O3/c1-3-10-6(9)5(7)4(2)8;1-3-9-6(8)4-5(2)7/h5H,3H2,1-2H3;3-4H2,1-2H3. The largest absolute Gasteiger partial charge is 0.466 e. The second kappa shape index (κ2) is 11.8. The first-order valence-corrected chi connectivity index (χ1v) is 6.63. The number of ketones is 2. The van der Waals surface area contributed by atoms with Crippen molar-refractivity contribution in [3.05, 3.63) is 0 Å². The Balaban J connectivity index is 0. The van der Waals surface area contributed by atoms with Crippen LogP contribution in [0, 0.1) is 0 Å². The van der Waals surface area contributed by atoms with Crippen LogP contribution in [-0.2, 0) is 28.7 Å². The fraction of sp³-hybridized carbons (Fsp3) is 0.667. The quantitative estimate of drug-likeness (QED) is 0.413. The second-order valence-corrected chi connectivity index (χ2v) is 4.32. The monoisotopic (exact) mass is 338 g/mol. The van der Waals surface area contributed by atoms with E-state index in [1.807, 2.05) is 0 Å². The maximum atomic E-state index is 10.7. The van der Waals surface area contributed by atoms with Crippen LogP contribution in [0.1, 0.15) is 34.1 Å². The van der Waals surface area contributed by atoms with Gasteiger partial charge in [-0.2, -0.15) is 0 Å². The maximum Gasteiger partial charge on any atom is 0.327 e. The van der Waals surface area contributed by atoms with E-state index in [1.165, 1.54) is 13.8 Å². The van der Waals surface area contributed by atoms with Crippen molar-refractivity contribution in [3.63, 3.8) is 0 Å². The molecule has 0 aliphatic heterocycles. The van der Waals surface area contributed by atoms with Crippen molar-refractivity contribution in [1.29, 1.82) is 0 Å². The van der Waals surface area contributed by atoms with Crippen LogP contribution in [0.3, 0.4) is 0 Å². The Morgan fingerprint density at radius 2 is 1.47 bits per heavy atom. The highest BCUT2D eigenvalue weighted by molar-refractivity contribution is 9.10. The lowest BCUT2D eigenvalue weighted by atomic mass is 10.3. The topological polar surface area (TPSA) is 86.7 Å². The zero-order valence-corrected chi connectivity index (χ0v) is 13.1. The van der Waals surface area contributed by atoms with Crippen molar-refractivity contribution in [2.75, 3.05) is 13.2 Å². The molecule has 1 atom stereocenters. The average molecular weight is 339 g/mol. The van der Waals surface area contributed by atoms with Gasteiger partial charge in [-0.1, -0.05) is 15.9 Å². The van der Waals surface area contributed by atoms with Crippen molar-refractivity contribution >= 4 is 39.4 Å². The molecule has 0 aromatic heterocycles. The minimum Gasteiger partial charge on any atom is -0.466 e. The van der Waals surface area contributed by atoms with Crippen molar-refractivity contribution in [2.24, 2.45) is 0 Å². The van der Waals surface area contributed by atoms with Gasteiger partial charge in [0, 0.05) is 0 Å². The van der Waals surface area contributed by atoms with Gasteiger partial charge in [0.2, 0.25) is 0 Å². The SMILES string of the molecule is CCOC(=O)C(Br)C(C)=O.CCOC(=O)CC(C)=O. The number of alkyl halides is 1. The fourth-order valence-corrected chi connectivity index (χ4v) is 0.929. The molecular formula is C12H19BrO6. The van der Waals surface area contributed by atoms with Crippen LogP contribution in [0.4, 0.5) is 0 Å². The Morgan fingerprint density at radius 3 is 1.79 bits per heavy atom. The predicted molar refractivity (Wildman–Crippen MR) is 72.0 cm³/mol. The first-order chi connectivity index (χ1) is 8.76. The van der Waals surface area contributed by atoms with Crippen molar-refractivity contribution in [1.82, 2.24) is 0 Å². The zero-order chi connectivity index (χ0) is 15.4. The van der Waals surface area contributed by atoms with Crippen molar-refractivity contribution < 1.29 is 28.7 Å². The Bertz CT molecular complexity index is 326. The lowest BCUT2D eigenvalue weighted by Crippen LogP contribution is -2.23. The molecule has 0 saturated carbocycles. The highest BCUT2D eigenvalue weighted by Crippen LogP contribution is 2.02. The molecule has 0 radical (unpaired) electrons. The van der Waals surface area contributed by atoms with E-state index < -0.39 is 16.8 Å². The summed E-state index contributed by atoms with van der Waals surface area (Å²) in [5, 5.41) is 0. The Morgan fingerprint density at radius 1 is 1.00 bits per heavy atom. The van der Waals surface area contributed by atoms with Crippen molar-refractivity contribution in [3.8, 4) is 0 Å². The molecular weight excluding hydrogens is 320 g/mol. The van der Waals surface area contributed by atoms with Gasteiger partial charge in [-0.3, -0.25) is 19.2 Å². The molecule has 0 aromatic carbocycles. The van der Waals surface area contributed by atoms with Crippen LogP contribution < -0.4 is 0 Å². The fourth-order valence-electron chi connectivity index (χ4n) is 0.797. The van der Waals surface area contributed by atoms with Gasteiger partial charge in [0.15, 0.2) is 10.6 Å². The molecule has 7 heteroatoms. The van der Waals surface area contributed by atoms with Gasteiger partial charge in [-0.05, 0) is 27.7 Å². The summed E-state index contributed by atoms with van der Waals surface area (Å²) in [5.41, 5.74) is 0. The van der Waals surface area contributed by atoms with Gasteiger partial charge in [-0.15, -0.1) is 0 Å². The molecule has 0 N–H and O–H groups in total. The van der Waals surface area contributed by atoms with Crippen LogP contribution in [0.5, 0.6) is 0 Å². The molecule has 0 aliphatic carbocycles. The summed E-state index contributed by atoms with van der Waals surface area (Å²) >= 11 is 2.88. The number of rotatable bonds is 6. The molecule has 0 saturated heterocycles. The Hall–Kier alpha value is -1.24. The molecule has 0 spiro atoms. The van der Waals surface area contributed by atoms with E-state index in [4.69, 9.17) is 0 Å². The molecule has 0 rings (SSSR count). The maximum absolute atomic E-state index is 10.7. The van der Waals surface area contributed by atoms with E-state index in [-0.39, 0.29) is 18.0 Å². The van der Waals surface area contributed by atoms with Gasteiger partial charge in [0.05, 0.1) is 13.2 Å². The summed E-state index contributed by atoms with van der Waals surface area (Å²) in [5.74, 6) is -1.35. The van der Waals surface area contributed by atoms with E-state index in [2.05, 4.69) is 25.4 Å². The lowest BCUT2D eigenvalue weighted by molar-refractivity contribution is -0.146. The summed E-state index contributed by atoms with van der Waals surface area (Å²) < 4.78 is 9.05. The van der Waals surface area contributed by atoms with E-state index in [0.29, 0.717) is 13.2 Å². The normalized spacial score (nSPS) is 10.6. The Kier molecular flexibility index (Phi) is 12.5. The molecule has 0 aliphatic rings. The van der Waals surface area contributed by atoms with E-state index in [0.717, 1.165) is 0 Å². The van der Waals surface area contributed by atoms with Crippen LogP contribution in [0.15, 0.2) is 0 Å². The van der Waals surface area contributed by atoms with Gasteiger partial charge >= 0.3 is 11.9 Å². The van der Waals surface area contributed by atoms with E-state index in [1.54, 1.807) is 13.8 Å². The zero-order valence-electron chi connectivity index (χ0n) is 11.5. The smallest absolute Gasteiger partial charge is 0.327 e. The number of Topliss-reactive ketones (excluding diaryl/α,β-unsaturated/α-hetero) is 2. The third kappa shape index (κ3) is 13.0. The molecule has 1 unspecified atom stereocenters. The summed E-state index contributed by atoms with van der Waals surface area (Å²) in [6.45, 7) is 6.73. The van der Waals surface area contributed by atoms with Gasteiger partial charge < -0.3 is 9.47 Å². The number of hydrogen-bond acceptors (Lipinski definition) is 6. The third-order valence-electron chi connectivity index (χ3n) is 1.55. The van der Waals surface area contributed by atoms with Gasteiger partial charge in [0.25, 0.3) is 0 Å². The minimum atomic E-state index is -0.799. The van der Waals surface area contributed by atoms with Crippen molar-refractivity contribution in [2.45, 2.75) is 38.9 Å². The molecule has 19 heavy (non-hydrogen) atoms. The summed E-state index contributed by atoms with van der Waals surface area (Å²) in [6.07, 6.45) is -0.103. The van der Waals surface area contributed by atoms with Gasteiger partial charge in [-0.25, -0.2) is 0 Å². The molecule has 6 nitrogen and oxygen atoms in total. The van der Waals surface area contributed by atoms with E-state index >= 15 is 0 Å².